The highest BCUT2D eigenvalue weighted by Crippen LogP contribution is 2.29. The Labute approximate surface area is 130 Å². The molecule has 0 saturated carbocycles. The molecule has 0 atom stereocenters. The lowest BCUT2D eigenvalue weighted by molar-refractivity contribution is 0.797. The lowest BCUT2D eigenvalue weighted by Crippen LogP contribution is -2.25. The first kappa shape index (κ1) is 14.5. The van der Waals surface area contributed by atoms with Crippen molar-refractivity contribution < 1.29 is 4.39 Å². The average Bonchev–Trinajstić information content (AvgIpc) is 2.74. The van der Waals surface area contributed by atoms with Gasteiger partial charge in [-0.3, -0.25) is 0 Å². The first-order valence-electron chi connectivity index (χ1n) is 7.54. The van der Waals surface area contributed by atoms with Gasteiger partial charge in [-0.2, -0.15) is 0 Å². The monoisotopic (exact) mass is 290 g/mol. The van der Waals surface area contributed by atoms with E-state index in [1.807, 2.05) is 24.3 Å². The van der Waals surface area contributed by atoms with Gasteiger partial charge in [0.05, 0.1) is 6.33 Å². The molecule has 0 bridgehead atoms. The molecule has 0 saturated heterocycles. The van der Waals surface area contributed by atoms with Gasteiger partial charge in [0.2, 0.25) is 0 Å². The van der Waals surface area contributed by atoms with Crippen molar-refractivity contribution in [3.05, 3.63) is 81.7 Å². The second-order valence-corrected chi connectivity index (χ2v) is 5.67. The highest BCUT2D eigenvalue weighted by molar-refractivity contribution is 5.82. The maximum atomic E-state index is 13.1. The summed E-state index contributed by atoms with van der Waals surface area (Å²) in [5, 5.41) is 1.60. The summed E-state index contributed by atoms with van der Waals surface area (Å²) in [6, 6.07) is 16.0. The standard InChI is InChI=1S/C21H19F/c1-15-11-12-17(13-18-7-3-5-9-20(15)18)16(2)21-10-6-4-8-19(21)14-22/h3-11,13-14H,12H2,1-2H3/b19-14-,21-16-. The largest absolute Gasteiger partial charge is 0.215 e. The van der Waals surface area contributed by atoms with Crippen LogP contribution in [-0.2, 0) is 0 Å². The average molecular weight is 290 g/mol. The summed E-state index contributed by atoms with van der Waals surface area (Å²) in [5.74, 6) is 0. The number of hydrogen-bond acceptors (Lipinski definition) is 0. The number of halogens is 1. The smallest absolute Gasteiger partial charge is 0.0945 e. The van der Waals surface area contributed by atoms with Crippen LogP contribution in [0.1, 0.15) is 31.4 Å². The molecular weight excluding hydrogens is 271 g/mol. The van der Waals surface area contributed by atoms with E-state index in [0.29, 0.717) is 11.5 Å². The molecule has 0 unspecified atom stereocenters. The summed E-state index contributed by atoms with van der Waals surface area (Å²) >= 11 is 0. The van der Waals surface area contributed by atoms with Crippen molar-refractivity contribution in [2.24, 2.45) is 0 Å². The van der Waals surface area contributed by atoms with Crippen molar-refractivity contribution in [1.82, 2.24) is 0 Å². The van der Waals surface area contributed by atoms with Crippen LogP contribution in [-0.4, -0.2) is 0 Å². The van der Waals surface area contributed by atoms with Crippen LogP contribution in [0.4, 0.5) is 4.39 Å². The van der Waals surface area contributed by atoms with E-state index < -0.39 is 0 Å². The van der Waals surface area contributed by atoms with E-state index in [0.717, 1.165) is 17.2 Å². The van der Waals surface area contributed by atoms with Crippen LogP contribution < -0.4 is 10.4 Å². The topological polar surface area (TPSA) is 0 Å². The van der Waals surface area contributed by atoms with Crippen LogP contribution >= 0.6 is 0 Å². The first-order valence-corrected chi connectivity index (χ1v) is 7.54. The van der Waals surface area contributed by atoms with Gasteiger partial charge in [-0.1, -0.05) is 60.7 Å². The van der Waals surface area contributed by atoms with E-state index in [4.69, 9.17) is 0 Å². The van der Waals surface area contributed by atoms with Crippen LogP contribution in [0.25, 0.3) is 23.6 Å². The zero-order valence-corrected chi connectivity index (χ0v) is 12.9. The van der Waals surface area contributed by atoms with Crippen LogP contribution in [0.3, 0.4) is 0 Å². The fraction of sp³-hybridized carbons (Fsp3) is 0.143. The second-order valence-electron chi connectivity index (χ2n) is 5.67. The lowest BCUT2D eigenvalue weighted by atomic mass is 9.98. The van der Waals surface area contributed by atoms with Crippen molar-refractivity contribution >= 4 is 23.6 Å². The van der Waals surface area contributed by atoms with Gasteiger partial charge < -0.3 is 0 Å². The van der Waals surface area contributed by atoms with E-state index >= 15 is 0 Å². The quantitative estimate of drug-likeness (QED) is 0.727. The van der Waals surface area contributed by atoms with Crippen molar-refractivity contribution in [1.29, 1.82) is 0 Å². The molecule has 0 heterocycles. The van der Waals surface area contributed by atoms with Gasteiger partial charge in [0.25, 0.3) is 0 Å². The Balaban J connectivity index is 2.24. The second kappa shape index (κ2) is 6.15. The number of hydrogen-bond donors (Lipinski definition) is 0. The van der Waals surface area contributed by atoms with Crippen molar-refractivity contribution in [2.45, 2.75) is 20.3 Å². The van der Waals surface area contributed by atoms with Gasteiger partial charge >= 0.3 is 0 Å². The molecule has 0 nitrogen and oxygen atoms in total. The summed E-state index contributed by atoms with van der Waals surface area (Å²) in [5.41, 5.74) is 6.16. The summed E-state index contributed by atoms with van der Waals surface area (Å²) in [4.78, 5) is 0. The SMILES string of the molecule is CC1=CCC(/C(C)=c2/cccc/c2=C/F)=Cc2ccccc21. The zero-order chi connectivity index (χ0) is 15.5. The number of benzene rings is 2. The first-order chi connectivity index (χ1) is 10.7. The molecular formula is C21H19F. The Morgan fingerprint density at radius 3 is 2.59 bits per heavy atom. The molecule has 22 heavy (non-hydrogen) atoms. The zero-order valence-electron chi connectivity index (χ0n) is 12.9. The van der Waals surface area contributed by atoms with E-state index in [1.54, 1.807) is 0 Å². The highest BCUT2D eigenvalue weighted by atomic mass is 19.1. The summed E-state index contributed by atoms with van der Waals surface area (Å²) in [6.07, 6.45) is 6.04. The van der Waals surface area contributed by atoms with Gasteiger partial charge in [-0.05, 0) is 53.3 Å². The third-order valence-corrected chi connectivity index (χ3v) is 4.31. The van der Waals surface area contributed by atoms with Crippen molar-refractivity contribution in [2.75, 3.05) is 0 Å². The van der Waals surface area contributed by atoms with Gasteiger partial charge in [-0.15, -0.1) is 0 Å². The maximum Gasteiger partial charge on any atom is 0.0945 e. The van der Waals surface area contributed by atoms with Gasteiger partial charge in [0.1, 0.15) is 0 Å². The van der Waals surface area contributed by atoms with Crippen LogP contribution in [0.15, 0.2) is 60.2 Å². The van der Waals surface area contributed by atoms with Gasteiger partial charge in [0, 0.05) is 5.22 Å². The molecule has 0 spiro atoms. The molecule has 1 aliphatic rings. The lowest BCUT2D eigenvalue weighted by Gasteiger charge is -2.06. The fourth-order valence-electron chi connectivity index (χ4n) is 2.97. The van der Waals surface area contributed by atoms with E-state index in [-0.39, 0.29) is 0 Å². The molecule has 0 aliphatic heterocycles. The number of fused-ring (bicyclic) bond motifs is 1. The van der Waals surface area contributed by atoms with Crippen LogP contribution in [0.5, 0.6) is 0 Å². The van der Waals surface area contributed by atoms with Crippen molar-refractivity contribution in [3.8, 4) is 0 Å². The Kier molecular flexibility index (Phi) is 4.06. The number of rotatable bonds is 1. The normalized spacial score (nSPS) is 16.4. The molecule has 3 rings (SSSR count). The molecule has 1 heteroatoms. The fourth-order valence-corrected chi connectivity index (χ4v) is 2.97. The molecule has 2 aromatic rings. The Morgan fingerprint density at radius 1 is 1.05 bits per heavy atom. The van der Waals surface area contributed by atoms with E-state index in [1.165, 1.54) is 22.3 Å². The molecule has 0 N–H and O–H groups in total. The number of allylic oxidation sites excluding steroid dienone is 3. The van der Waals surface area contributed by atoms with Gasteiger partial charge in [-0.25, -0.2) is 4.39 Å². The Morgan fingerprint density at radius 2 is 1.77 bits per heavy atom. The van der Waals surface area contributed by atoms with Crippen molar-refractivity contribution in [3.63, 3.8) is 0 Å². The summed E-state index contributed by atoms with van der Waals surface area (Å²) in [7, 11) is 0. The molecule has 110 valence electrons. The maximum absolute atomic E-state index is 13.1. The van der Waals surface area contributed by atoms with E-state index in [2.05, 4.69) is 50.3 Å². The molecule has 1 aliphatic carbocycles. The molecule has 0 amide bonds. The minimum Gasteiger partial charge on any atom is -0.215 e. The summed E-state index contributed by atoms with van der Waals surface area (Å²) in [6.45, 7) is 4.22. The highest BCUT2D eigenvalue weighted by Gasteiger charge is 2.09. The Bertz CT molecular complexity index is 882. The third-order valence-electron chi connectivity index (χ3n) is 4.31. The molecule has 0 radical (unpaired) electrons. The molecule has 0 aromatic heterocycles. The van der Waals surface area contributed by atoms with E-state index in [9.17, 15) is 4.39 Å². The van der Waals surface area contributed by atoms with Crippen LogP contribution in [0.2, 0.25) is 0 Å². The molecule has 0 fully saturated rings. The van der Waals surface area contributed by atoms with Crippen LogP contribution in [0, 0.1) is 0 Å². The summed E-state index contributed by atoms with van der Waals surface area (Å²) < 4.78 is 13.1. The predicted molar refractivity (Wildman–Crippen MR) is 93.0 cm³/mol. The molecule has 2 aromatic carbocycles. The third kappa shape index (κ3) is 2.67. The van der Waals surface area contributed by atoms with Gasteiger partial charge in [0.15, 0.2) is 0 Å². The minimum absolute atomic E-state index is 0.638. The minimum atomic E-state index is 0.638. The Hall–Kier alpha value is -2.41. The predicted octanol–water partition coefficient (Wildman–Crippen LogP) is 4.46.